The van der Waals surface area contributed by atoms with Gasteiger partial charge in [0.05, 0.1) is 25.5 Å². The van der Waals surface area contributed by atoms with E-state index in [-0.39, 0.29) is 25.7 Å². The molecule has 7 nitrogen and oxygen atoms in total. The molecule has 0 aliphatic heterocycles. The molecule has 1 unspecified atom stereocenters. The summed E-state index contributed by atoms with van der Waals surface area (Å²) in [5.74, 6) is -0.895. The SMILES string of the molecule is CCOC(=O)C1(P(=O)(OCC)OCC)C[C@@H]2C/C(=N\O)[C@H]1C2. The van der Waals surface area contributed by atoms with E-state index in [4.69, 9.17) is 13.8 Å². The van der Waals surface area contributed by atoms with Gasteiger partial charge in [0.2, 0.25) is 0 Å². The molecular formula is C14H24NO6P. The number of oxime groups is 1. The third kappa shape index (κ3) is 2.49. The number of carbonyl (C=O) groups is 1. The van der Waals surface area contributed by atoms with Crippen LogP contribution < -0.4 is 0 Å². The third-order valence-corrected chi connectivity index (χ3v) is 7.34. The van der Waals surface area contributed by atoms with Crippen LogP contribution in [0.15, 0.2) is 5.16 Å². The fourth-order valence-corrected chi connectivity index (χ4v) is 6.43. The number of esters is 1. The van der Waals surface area contributed by atoms with Crippen molar-refractivity contribution in [2.24, 2.45) is 17.0 Å². The maximum Gasteiger partial charge on any atom is 0.348 e. The fourth-order valence-electron chi connectivity index (χ4n) is 3.81. The normalized spacial score (nSPS) is 32.6. The Hall–Kier alpha value is -0.910. The van der Waals surface area contributed by atoms with E-state index in [0.717, 1.165) is 0 Å². The zero-order chi connectivity index (χ0) is 16.4. The van der Waals surface area contributed by atoms with Crippen molar-refractivity contribution in [3.8, 4) is 0 Å². The molecule has 3 atom stereocenters. The number of fused-ring (bicyclic) bond motifs is 2. The third-order valence-electron chi connectivity index (χ3n) is 4.49. The molecular weight excluding hydrogens is 309 g/mol. The van der Waals surface area contributed by atoms with Crippen molar-refractivity contribution in [2.75, 3.05) is 19.8 Å². The predicted octanol–water partition coefficient (Wildman–Crippen LogP) is 2.81. The molecule has 2 saturated carbocycles. The predicted molar refractivity (Wildman–Crippen MR) is 80.3 cm³/mol. The van der Waals surface area contributed by atoms with Gasteiger partial charge < -0.3 is 19.0 Å². The Balaban J connectivity index is 2.52. The van der Waals surface area contributed by atoms with Crippen molar-refractivity contribution in [3.63, 3.8) is 0 Å². The number of carbonyl (C=O) groups excluding carboxylic acids is 1. The Morgan fingerprint density at radius 1 is 1.32 bits per heavy atom. The van der Waals surface area contributed by atoms with E-state index in [1.165, 1.54) is 0 Å². The average Bonchev–Trinajstić information content (AvgIpc) is 3.06. The molecule has 0 radical (unpaired) electrons. The lowest BCUT2D eigenvalue weighted by Crippen LogP contribution is -2.49. The number of hydrogen-bond donors (Lipinski definition) is 1. The summed E-state index contributed by atoms with van der Waals surface area (Å²) in [4.78, 5) is 12.7. The highest BCUT2D eigenvalue weighted by atomic mass is 31.2. The van der Waals surface area contributed by atoms with Crippen molar-refractivity contribution >= 4 is 19.3 Å². The Kier molecular flexibility index (Phi) is 5.30. The molecule has 0 aromatic heterocycles. The van der Waals surface area contributed by atoms with Gasteiger partial charge in [-0.25, -0.2) is 0 Å². The Morgan fingerprint density at radius 3 is 2.41 bits per heavy atom. The lowest BCUT2D eigenvalue weighted by Gasteiger charge is -2.39. The monoisotopic (exact) mass is 333 g/mol. The van der Waals surface area contributed by atoms with E-state index >= 15 is 0 Å². The number of nitrogens with zero attached hydrogens (tertiary/aromatic N) is 1. The van der Waals surface area contributed by atoms with E-state index in [9.17, 15) is 14.6 Å². The zero-order valence-electron chi connectivity index (χ0n) is 13.3. The molecule has 0 saturated heterocycles. The summed E-state index contributed by atoms with van der Waals surface area (Å²) in [5, 5.41) is 11.2. The smallest absolute Gasteiger partial charge is 0.348 e. The van der Waals surface area contributed by atoms with Gasteiger partial charge >= 0.3 is 13.6 Å². The molecule has 0 aromatic rings. The molecule has 0 heterocycles. The summed E-state index contributed by atoms with van der Waals surface area (Å²) in [7, 11) is -3.74. The highest BCUT2D eigenvalue weighted by Crippen LogP contribution is 2.71. The van der Waals surface area contributed by atoms with Crippen LogP contribution in [-0.4, -0.2) is 41.9 Å². The van der Waals surface area contributed by atoms with E-state index < -0.39 is 24.6 Å². The van der Waals surface area contributed by atoms with Gasteiger partial charge in [0.25, 0.3) is 0 Å². The molecule has 2 rings (SSSR count). The standard InChI is InChI=1S/C14H24NO6P/c1-4-19-13(16)14(22(18,20-5-2)21-6-3)9-10-7-11(14)12(8-10)15-17/h10-11,17H,4-9H2,1-3H3/b15-12+/t10-,11+,14?/m0/s1. The molecule has 0 spiro atoms. The molecule has 2 bridgehead atoms. The van der Waals surface area contributed by atoms with E-state index in [2.05, 4.69) is 5.16 Å². The summed E-state index contributed by atoms with van der Waals surface area (Å²) in [6.45, 7) is 5.63. The molecule has 2 fully saturated rings. The number of hydrogen-bond acceptors (Lipinski definition) is 7. The summed E-state index contributed by atoms with van der Waals surface area (Å²) in [6.07, 6.45) is 1.63. The van der Waals surface area contributed by atoms with Crippen molar-refractivity contribution in [3.05, 3.63) is 0 Å². The van der Waals surface area contributed by atoms with Crippen LogP contribution in [0.1, 0.15) is 40.0 Å². The first-order valence-corrected chi connectivity index (χ1v) is 9.30. The topological polar surface area (TPSA) is 94.4 Å². The largest absolute Gasteiger partial charge is 0.465 e. The summed E-state index contributed by atoms with van der Waals surface area (Å²) >= 11 is 0. The highest BCUT2D eigenvalue weighted by molar-refractivity contribution is 7.57. The van der Waals surface area contributed by atoms with Crippen LogP contribution in [-0.2, 0) is 23.1 Å². The van der Waals surface area contributed by atoms with Crippen molar-refractivity contribution < 1.29 is 28.4 Å². The van der Waals surface area contributed by atoms with Crippen LogP contribution in [0, 0.1) is 11.8 Å². The minimum Gasteiger partial charge on any atom is -0.465 e. The van der Waals surface area contributed by atoms with Gasteiger partial charge in [0, 0.05) is 5.92 Å². The fraction of sp³-hybridized carbons (Fsp3) is 0.857. The second-order valence-corrected chi connectivity index (χ2v) is 7.94. The molecule has 1 N–H and O–H groups in total. The Labute approximate surface area is 130 Å². The molecule has 0 aromatic carbocycles. The quantitative estimate of drug-likeness (QED) is 0.333. The van der Waals surface area contributed by atoms with Gasteiger partial charge in [-0.05, 0) is 46.0 Å². The first-order chi connectivity index (χ1) is 10.5. The van der Waals surface area contributed by atoms with Gasteiger partial charge in [-0.1, -0.05) is 5.16 Å². The summed E-state index contributed by atoms with van der Waals surface area (Å²) < 4.78 is 29.6. The van der Waals surface area contributed by atoms with Crippen LogP contribution in [0.25, 0.3) is 0 Å². The first-order valence-electron chi connectivity index (χ1n) is 7.76. The van der Waals surface area contributed by atoms with Crippen LogP contribution in [0.4, 0.5) is 0 Å². The van der Waals surface area contributed by atoms with Gasteiger partial charge in [-0.2, -0.15) is 0 Å². The zero-order valence-corrected chi connectivity index (χ0v) is 14.2. The number of ether oxygens (including phenoxy) is 1. The van der Waals surface area contributed by atoms with Crippen LogP contribution >= 0.6 is 7.60 Å². The lowest BCUT2D eigenvalue weighted by atomic mass is 9.86. The van der Waals surface area contributed by atoms with E-state index in [1.807, 2.05) is 0 Å². The second kappa shape index (κ2) is 6.69. The van der Waals surface area contributed by atoms with E-state index in [1.54, 1.807) is 20.8 Å². The Bertz CT molecular complexity index is 498. The van der Waals surface area contributed by atoms with Gasteiger partial charge in [-0.3, -0.25) is 9.36 Å². The van der Waals surface area contributed by atoms with E-state index in [0.29, 0.717) is 25.0 Å². The molecule has 0 amide bonds. The minimum atomic E-state index is -3.74. The highest BCUT2D eigenvalue weighted by Gasteiger charge is 2.70. The number of rotatable bonds is 7. The maximum atomic E-state index is 13.4. The van der Waals surface area contributed by atoms with Crippen molar-refractivity contribution in [1.29, 1.82) is 0 Å². The minimum absolute atomic E-state index is 0.134. The van der Waals surface area contributed by atoms with Crippen molar-refractivity contribution in [2.45, 2.75) is 45.2 Å². The van der Waals surface area contributed by atoms with Gasteiger partial charge in [-0.15, -0.1) is 0 Å². The Morgan fingerprint density at radius 2 is 1.95 bits per heavy atom. The van der Waals surface area contributed by atoms with Crippen molar-refractivity contribution in [1.82, 2.24) is 0 Å². The first kappa shape index (κ1) is 17.4. The van der Waals surface area contributed by atoms with Crippen LogP contribution in [0.2, 0.25) is 0 Å². The average molecular weight is 333 g/mol. The molecule has 2 aliphatic carbocycles. The maximum absolute atomic E-state index is 13.4. The molecule has 2 aliphatic rings. The second-order valence-electron chi connectivity index (χ2n) is 5.63. The molecule has 126 valence electrons. The van der Waals surface area contributed by atoms with Crippen LogP contribution in [0.5, 0.6) is 0 Å². The summed E-state index contributed by atoms with van der Waals surface area (Å²) in [5.41, 5.74) is 0.490. The molecule has 8 heteroatoms. The van der Waals surface area contributed by atoms with Gasteiger partial charge in [0.15, 0.2) is 5.16 Å². The summed E-state index contributed by atoms with van der Waals surface area (Å²) in [6, 6.07) is 0. The molecule has 22 heavy (non-hydrogen) atoms. The lowest BCUT2D eigenvalue weighted by molar-refractivity contribution is -0.147. The van der Waals surface area contributed by atoms with Gasteiger partial charge in [0.1, 0.15) is 0 Å². The van der Waals surface area contributed by atoms with Crippen LogP contribution in [0.3, 0.4) is 0 Å².